The third-order valence-electron chi connectivity index (χ3n) is 3.09. The lowest BCUT2D eigenvalue weighted by molar-refractivity contribution is 0.0630. The quantitative estimate of drug-likeness (QED) is 0.894. The van der Waals surface area contributed by atoms with Gasteiger partial charge in [-0.3, -0.25) is 4.79 Å². The van der Waals surface area contributed by atoms with Crippen molar-refractivity contribution in [3.05, 3.63) is 34.3 Å². The van der Waals surface area contributed by atoms with Crippen LogP contribution in [0.1, 0.15) is 22.8 Å². The number of likely N-dealkylation sites (N-methyl/N-ethyl adjacent to an activating group) is 1. The summed E-state index contributed by atoms with van der Waals surface area (Å²) < 4.78 is 0. The van der Waals surface area contributed by atoms with Crippen molar-refractivity contribution in [2.45, 2.75) is 19.9 Å². The van der Waals surface area contributed by atoms with Crippen LogP contribution < -0.4 is 5.32 Å². The van der Waals surface area contributed by atoms with Crippen molar-refractivity contribution in [2.75, 3.05) is 19.6 Å². The van der Waals surface area contributed by atoms with Crippen LogP contribution in [0.4, 0.5) is 0 Å². The van der Waals surface area contributed by atoms with Gasteiger partial charge in [0, 0.05) is 30.2 Å². The van der Waals surface area contributed by atoms with E-state index in [1.165, 1.54) is 0 Å². The number of carbonyl (C=O) groups excluding carboxylic acids is 1. The van der Waals surface area contributed by atoms with Gasteiger partial charge in [-0.2, -0.15) is 0 Å². The zero-order valence-electron chi connectivity index (χ0n) is 10.2. The predicted molar refractivity (Wildman–Crippen MR) is 69.6 cm³/mol. The molecular weight excluding hydrogens is 236 g/mol. The molecule has 0 bridgehead atoms. The lowest BCUT2D eigenvalue weighted by Crippen LogP contribution is -2.58. The highest BCUT2D eigenvalue weighted by Crippen LogP contribution is 2.18. The summed E-state index contributed by atoms with van der Waals surface area (Å²) in [6.45, 7) is 6.46. The number of carbonyl (C=O) groups is 1. The first-order chi connectivity index (χ1) is 8.11. The maximum atomic E-state index is 12.4. The number of hydrogen-bond donors (Lipinski definition) is 1. The van der Waals surface area contributed by atoms with Crippen molar-refractivity contribution in [2.24, 2.45) is 0 Å². The van der Waals surface area contributed by atoms with E-state index in [4.69, 9.17) is 11.6 Å². The molecule has 92 valence electrons. The number of rotatable bonds is 3. The van der Waals surface area contributed by atoms with Crippen LogP contribution in [0.3, 0.4) is 0 Å². The Morgan fingerprint density at radius 1 is 1.47 bits per heavy atom. The van der Waals surface area contributed by atoms with Crippen LogP contribution in [0.2, 0.25) is 5.02 Å². The van der Waals surface area contributed by atoms with Crippen LogP contribution in [-0.4, -0.2) is 36.5 Å². The summed E-state index contributed by atoms with van der Waals surface area (Å²) in [4.78, 5) is 14.3. The molecule has 1 N–H and O–H groups in total. The highest BCUT2D eigenvalue weighted by molar-refractivity contribution is 6.31. The number of nitrogens with zero attached hydrogens (tertiary/aromatic N) is 1. The summed E-state index contributed by atoms with van der Waals surface area (Å²) in [6, 6.07) is 5.82. The second-order valence-electron chi connectivity index (χ2n) is 4.42. The maximum Gasteiger partial charge on any atom is 0.254 e. The summed E-state index contributed by atoms with van der Waals surface area (Å²) in [7, 11) is 0. The van der Waals surface area contributed by atoms with Crippen LogP contribution in [0.15, 0.2) is 18.2 Å². The molecule has 0 saturated carbocycles. The molecule has 2 rings (SSSR count). The van der Waals surface area contributed by atoms with Crippen molar-refractivity contribution < 1.29 is 4.79 Å². The van der Waals surface area contributed by atoms with Crippen LogP contribution >= 0.6 is 11.6 Å². The van der Waals surface area contributed by atoms with Gasteiger partial charge in [0.05, 0.1) is 6.04 Å². The van der Waals surface area contributed by atoms with Crippen LogP contribution in [-0.2, 0) is 0 Å². The van der Waals surface area contributed by atoms with E-state index < -0.39 is 0 Å². The summed E-state index contributed by atoms with van der Waals surface area (Å²) in [5.74, 6) is 0.0737. The highest BCUT2D eigenvalue weighted by atomic mass is 35.5. The monoisotopic (exact) mass is 252 g/mol. The number of aryl methyl sites for hydroxylation is 1. The van der Waals surface area contributed by atoms with Gasteiger partial charge >= 0.3 is 0 Å². The average Bonchev–Trinajstić information content (AvgIpc) is 2.20. The van der Waals surface area contributed by atoms with E-state index in [9.17, 15) is 4.79 Å². The molecule has 0 aromatic heterocycles. The van der Waals surface area contributed by atoms with Crippen LogP contribution in [0.25, 0.3) is 0 Å². The van der Waals surface area contributed by atoms with Gasteiger partial charge in [-0.05, 0) is 37.6 Å². The minimum Gasteiger partial charge on any atom is -0.333 e. The Bertz CT molecular complexity index is 409. The molecule has 4 heteroatoms. The second kappa shape index (κ2) is 5.07. The van der Waals surface area contributed by atoms with Crippen molar-refractivity contribution in [3.63, 3.8) is 0 Å². The predicted octanol–water partition coefficient (Wildman–Crippen LogP) is 2.08. The summed E-state index contributed by atoms with van der Waals surface area (Å²) in [5, 5.41) is 3.81. The third kappa shape index (κ3) is 2.61. The Balaban J connectivity index is 2.22. The van der Waals surface area contributed by atoms with Gasteiger partial charge in [0.15, 0.2) is 0 Å². The Morgan fingerprint density at radius 2 is 2.18 bits per heavy atom. The van der Waals surface area contributed by atoms with Gasteiger partial charge in [0.25, 0.3) is 5.91 Å². The van der Waals surface area contributed by atoms with Crippen molar-refractivity contribution in [3.8, 4) is 0 Å². The van der Waals surface area contributed by atoms with E-state index in [0.717, 1.165) is 25.2 Å². The molecule has 0 aliphatic carbocycles. The number of hydrogen-bond acceptors (Lipinski definition) is 2. The van der Waals surface area contributed by atoms with Gasteiger partial charge < -0.3 is 10.2 Å². The highest BCUT2D eigenvalue weighted by Gasteiger charge is 2.27. The van der Waals surface area contributed by atoms with Gasteiger partial charge in [-0.25, -0.2) is 0 Å². The topological polar surface area (TPSA) is 32.3 Å². The Morgan fingerprint density at radius 3 is 2.65 bits per heavy atom. The standard InChI is InChI=1S/C13H17ClN2O/c1-3-16(12-7-15-8-12)13(17)10-4-9(2)5-11(14)6-10/h4-6,12,15H,3,7-8H2,1-2H3. The molecule has 1 heterocycles. The number of nitrogens with one attached hydrogen (secondary N) is 1. The Labute approximate surface area is 107 Å². The second-order valence-corrected chi connectivity index (χ2v) is 4.86. The third-order valence-corrected chi connectivity index (χ3v) is 3.31. The SMILES string of the molecule is CCN(C(=O)c1cc(C)cc(Cl)c1)C1CNC1. The lowest BCUT2D eigenvalue weighted by Gasteiger charge is -2.37. The molecule has 0 radical (unpaired) electrons. The number of amides is 1. The van der Waals surface area contributed by atoms with E-state index in [1.54, 1.807) is 6.07 Å². The van der Waals surface area contributed by atoms with Gasteiger partial charge in [0.2, 0.25) is 0 Å². The molecule has 17 heavy (non-hydrogen) atoms. The molecule has 1 aliphatic heterocycles. The van der Waals surface area contributed by atoms with E-state index in [1.807, 2.05) is 30.9 Å². The molecule has 1 fully saturated rings. The molecule has 1 saturated heterocycles. The van der Waals surface area contributed by atoms with Crippen molar-refractivity contribution in [1.29, 1.82) is 0 Å². The number of benzene rings is 1. The average molecular weight is 253 g/mol. The lowest BCUT2D eigenvalue weighted by atomic mass is 10.1. The van der Waals surface area contributed by atoms with Crippen molar-refractivity contribution in [1.82, 2.24) is 10.2 Å². The summed E-state index contributed by atoms with van der Waals surface area (Å²) in [6.07, 6.45) is 0. The van der Waals surface area contributed by atoms with Crippen LogP contribution in [0.5, 0.6) is 0 Å². The largest absolute Gasteiger partial charge is 0.333 e. The van der Waals surface area contributed by atoms with E-state index >= 15 is 0 Å². The van der Waals surface area contributed by atoms with E-state index in [-0.39, 0.29) is 5.91 Å². The van der Waals surface area contributed by atoms with Crippen molar-refractivity contribution >= 4 is 17.5 Å². The molecule has 1 aromatic rings. The molecule has 0 spiro atoms. The van der Waals surface area contributed by atoms with Crippen LogP contribution in [0, 0.1) is 6.92 Å². The zero-order chi connectivity index (χ0) is 12.4. The molecule has 0 unspecified atom stereocenters. The summed E-state index contributed by atoms with van der Waals surface area (Å²) >= 11 is 5.99. The van der Waals surface area contributed by atoms with Gasteiger partial charge in [0.1, 0.15) is 0 Å². The van der Waals surface area contributed by atoms with E-state index in [2.05, 4.69) is 5.32 Å². The minimum absolute atomic E-state index is 0.0737. The maximum absolute atomic E-state index is 12.4. The molecular formula is C13H17ClN2O. The Hall–Kier alpha value is -1.06. The molecule has 3 nitrogen and oxygen atoms in total. The van der Waals surface area contributed by atoms with E-state index in [0.29, 0.717) is 16.6 Å². The molecule has 0 atom stereocenters. The Kier molecular flexibility index (Phi) is 3.69. The smallest absolute Gasteiger partial charge is 0.254 e. The minimum atomic E-state index is 0.0737. The summed E-state index contributed by atoms with van der Waals surface area (Å²) in [5.41, 5.74) is 1.70. The first-order valence-electron chi connectivity index (χ1n) is 5.90. The normalized spacial score (nSPS) is 15.5. The molecule has 1 aromatic carbocycles. The first-order valence-corrected chi connectivity index (χ1v) is 6.28. The fourth-order valence-corrected chi connectivity index (χ4v) is 2.38. The zero-order valence-corrected chi connectivity index (χ0v) is 10.9. The van der Waals surface area contributed by atoms with Gasteiger partial charge in [-0.1, -0.05) is 11.6 Å². The fraction of sp³-hybridized carbons (Fsp3) is 0.462. The molecule has 1 aliphatic rings. The fourth-order valence-electron chi connectivity index (χ4n) is 2.09. The van der Waals surface area contributed by atoms with Gasteiger partial charge in [-0.15, -0.1) is 0 Å². The number of halogens is 1. The molecule has 1 amide bonds. The first kappa shape index (κ1) is 12.4.